The quantitative estimate of drug-likeness (QED) is 0.400. The Bertz CT molecular complexity index is 700. The van der Waals surface area contributed by atoms with Gasteiger partial charge >= 0.3 is 10.1 Å². The van der Waals surface area contributed by atoms with Crippen molar-refractivity contribution in [1.29, 1.82) is 0 Å². The minimum Gasteiger partial charge on any atom is -0.379 e. The van der Waals surface area contributed by atoms with Crippen LogP contribution < -0.4 is 11.5 Å². The molecule has 22 heavy (non-hydrogen) atoms. The number of benzene rings is 1. The lowest BCUT2D eigenvalue weighted by Crippen LogP contribution is -2.36. The van der Waals surface area contributed by atoms with Crippen LogP contribution >= 0.6 is 0 Å². The second-order valence-electron chi connectivity index (χ2n) is 3.86. The van der Waals surface area contributed by atoms with Gasteiger partial charge in [0.2, 0.25) is 5.71 Å². The highest BCUT2D eigenvalue weighted by molar-refractivity contribution is 7.86. The summed E-state index contributed by atoms with van der Waals surface area (Å²) in [5.74, 6) is -1.98. The van der Waals surface area contributed by atoms with E-state index in [9.17, 15) is 17.6 Å². The normalized spacial score (nSPS) is 12.8. The fraction of sp³-hybridized carbons (Fsp3) is 0.182. The van der Waals surface area contributed by atoms with Gasteiger partial charge in [-0.05, 0) is 24.2 Å². The van der Waals surface area contributed by atoms with Gasteiger partial charge in [-0.1, -0.05) is 22.9 Å². The summed E-state index contributed by atoms with van der Waals surface area (Å²) < 4.78 is 39.8. The minimum absolute atomic E-state index is 0.174. The number of alkyl halides is 1. The highest BCUT2D eigenvalue weighted by Gasteiger charge is 2.19. The third-order valence-corrected chi connectivity index (χ3v) is 3.34. The number of amidine groups is 1. The third kappa shape index (κ3) is 4.70. The summed E-state index contributed by atoms with van der Waals surface area (Å²) in [6, 6.07) is 5.70. The SMILES string of the molecule is Cc1ccc(S(=O)(=O)ON=C(N)C(=NOCF)C(N)=O)cc1. The van der Waals surface area contributed by atoms with E-state index in [2.05, 4.69) is 19.4 Å². The molecule has 9 nitrogen and oxygen atoms in total. The Balaban J connectivity index is 2.97. The number of amides is 1. The number of oxime groups is 2. The molecule has 0 saturated carbocycles. The van der Waals surface area contributed by atoms with Crippen molar-refractivity contribution in [3.8, 4) is 0 Å². The van der Waals surface area contributed by atoms with Crippen LogP contribution in [0, 0.1) is 6.92 Å². The summed E-state index contributed by atoms with van der Waals surface area (Å²) in [5.41, 5.74) is 10.3. The number of primary amides is 1. The molecule has 0 aromatic heterocycles. The average Bonchev–Trinajstić information content (AvgIpc) is 2.45. The first kappa shape index (κ1) is 17.4. The smallest absolute Gasteiger partial charge is 0.358 e. The van der Waals surface area contributed by atoms with Crippen molar-refractivity contribution in [2.75, 3.05) is 6.86 Å². The third-order valence-electron chi connectivity index (χ3n) is 2.22. The van der Waals surface area contributed by atoms with Crippen LogP contribution in [-0.2, 0) is 24.0 Å². The molecular weight excluding hydrogens is 319 g/mol. The highest BCUT2D eigenvalue weighted by Crippen LogP contribution is 2.13. The summed E-state index contributed by atoms with van der Waals surface area (Å²) >= 11 is 0. The van der Waals surface area contributed by atoms with Crippen molar-refractivity contribution in [3.63, 3.8) is 0 Å². The predicted octanol–water partition coefficient (Wildman–Crippen LogP) is -0.243. The second kappa shape index (κ2) is 7.36. The number of rotatable bonds is 7. The molecule has 0 spiro atoms. The van der Waals surface area contributed by atoms with Crippen LogP contribution in [0.25, 0.3) is 0 Å². The summed E-state index contributed by atoms with van der Waals surface area (Å²) in [6.45, 7) is 0.431. The molecule has 0 aliphatic carbocycles. The summed E-state index contributed by atoms with van der Waals surface area (Å²) in [7, 11) is -4.24. The van der Waals surface area contributed by atoms with Gasteiger partial charge in [-0.25, -0.2) is 4.39 Å². The lowest BCUT2D eigenvalue weighted by molar-refractivity contribution is -0.112. The van der Waals surface area contributed by atoms with Gasteiger partial charge in [0.25, 0.3) is 12.8 Å². The largest absolute Gasteiger partial charge is 0.379 e. The summed E-state index contributed by atoms with van der Waals surface area (Å²) in [5, 5.41) is 6.00. The Labute approximate surface area is 125 Å². The van der Waals surface area contributed by atoms with Crippen molar-refractivity contribution >= 4 is 27.6 Å². The van der Waals surface area contributed by atoms with Crippen molar-refractivity contribution < 1.29 is 26.7 Å². The average molecular weight is 332 g/mol. The first-order valence-electron chi connectivity index (χ1n) is 5.68. The fourth-order valence-electron chi connectivity index (χ4n) is 1.19. The predicted molar refractivity (Wildman–Crippen MR) is 74.8 cm³/mol. The highest BCUT2D eigenvalue weighted by atomic mass is 32.2. The van der Waals surface area contributed by atoms with E-state index in [-0.39, 0.29) is 4.90 Å². The first-order valence-corrected chi connectivity index (χ1v) is 7.08. The monoisotopic (exact) mass is 332 g/mol. The molecule has 0 atom stereocenters. The molecule has 0 aliphatic rings. The molecule has 11 heteroatoms. The molecule has 4 N–H and O–H groups in total. The van der Waals surface area contributed by atoms with E-state index in [1.54, 1.807) is 19.1 Å². The van der Waals surface area contributed by atoms with E-state index in [0.717, 1.165) is 5.56 Å². The molecule has 1 amide bonds. The van der Waals surface area contributed by atoms with Gasteiger partial charge in [0.05, 0.1) is 0 Å². The molecule has 0 radical (unpaired) electrons. The maximum atomic E-state index is 11.8. The van der Waals surface area contributed by atoms with Crippen LogP contribution in [0.1, 0.15) is 5.56 Å². The van der Waals surface area contributed by atoms with E-state index >= 15 is 0 Å². The zero-order valence-electron chi connectivity index (χ0n) is 11.4. The van der Waals surface area contributed by atoms with Crippen LogP contribution in [-0.4, -0.2) is 32.7 Å². The summed E-state index contributed by atoms with van der Waals surface area (Å²) in [6.07, 6.45) is 0. The zero-order chi connectivity index (χ0) is 16.8. The number of nitrogens with zero attached hydrogens (tertiary/aromatic N) is 2. The molecule has 1 aromatic rings. The van der Waals surface area contributed by atoms with Gasteiger partial charge in [0.1, 0.15) is 4.90 Å². The number of halogens is 1. The van der Waals surface area contributed by atoms with Crippen LogP contribution in [0.15, 0.2) is 39.5 Å². The number of hydrogen-bond acceptors (Lipinski definition) is 7. The molecule has 0 bridgehead atoms. The van der Waals surface area contributed by atoms with Crippen LogP contribution in [0.4, 0.5) is 4.39 Å². The Hall–Kier alpha value is -2.69. The van der Waals surface area contributed by atoms with Crippen molar-refractivity contribution in [2.45, 2.75) is 11.8 Å². The number of carbonyl (C=O) groups excluding carboxylic acids is 1. The molecule has 0 unspecified atom stereocenters. The number of carbonyl (C=O) groups is 1. The van der Waals surface area contributed by atoms with Crippen molar-refractivity contribution in [1.82, 2.24) is 0 Å². The topological polar surface area (TPSA) is 146 Å². The van der Waals surface area contributed by atoms with Gasteiger partial charge in [-0.2, -0.15) is 8.42 Å². The molecule has 0 fully saturated rings. The molecule has 0 saturated heterocycles. The first-order chi connectivity index (χ1) is 10.3. The number of nitrogens with two attached hydrogens (primary N) is 2. The number of aryl methyl sites for hydroxylation is 1. The Morgan fingerprint density at radius 3 is 2.32 bits per heavy atom. The van der Waals surface area contributed by atoms with Gasteiger partial charge < -0.3 is 16.3 Å². The van der Waals surface area contributed by atoms with E-state index in [1.807, 2.05) is 0 Å². The van der Waals surface area contributed by atoms with Gasteiger partial charge in [0.15, 0.2) is 5.84 Å². The van der Waals surface area contributed by atoms with Crippen LogP contribution in [0.2, 0.25) is 0 Å². The molecule has 1 aromatic carbocycles. The van der Waals surface area contributed by atoms with E-state index in [1.165, 1.54) is 12.1 Å². The lowest BCUT2D eigenvalue weighted by atomic mass is 10.2. The molecular formula is C11H13FN4O5S. The lowest BCUT2D eigenvalue weighted by Gasteiger charge is -2.04. The Morgan fingerprint density at radius 1 is 1.23 bits per heavy atom. The van der Waals surface area contributed by atoms with Gasteiger partial charge in [-0.3, -0.25) is 9.08 Å². The van der Waals surface area contributed by atoms with E-state index in [0.29, 0.717) is 0 Å². The minimum atomic E-state index is -4.24. The zero-order valence-corrected chi connectivity index (χ0v) is 12.2. The molecule has 1 rings (SSSR count). The summed E-state index contributed by atoms with van der Waals surface area (Å²) in [4.78, 5) is 14.8. The van der Waals surface area contributed by atoms with E-state index < -0.39 is 34.4 Å². The van der Waals surface area contributed by atoms with Crippen LogP contribution in [0.3, 0.4) is 0 Å². The van der Waals surface area contributed by atoms with Crippen molar-refractivity contribution in [3.05, 3.63) is 29.8 Å². The van der Waals surface area contributed by atoms with E-state index in [4.69, 9.17) is 11.5 Å². The van der Waals surface area contributed by atoms with Gasteiger partial charge in [0, 0.05) is 0 Å². The molecule has 0 aliphatic heterocycles. The molecule has 0 heterocycles. The molecule has 120 valence electrons. The fourth-order valence-corrected chi connectivity index (χ4v) is 1.92. The number of hydrogen-bond donors (Lipinski definition) is 2. The second-order valence-corrected chi connectivity index (χ2v) is 5.39. The van der Waals surface area contributed by atoms with Crippen molar-refractivity contribution in [2.24, 2.45) is 21.8 Å². The maximum Gasteiger partial charge on any atom is 0.358 e. The standard InChI is InChI=1S/C11H13FN4O5S/c1-7-2-4-8(5-3-7)22(18,19)21-16-10(13)9(11(14)17)15-20-6-12/h2-5H,6H2,1H3,(H2,13,16)(H2,14,17). The Morgan fingerprint density at radius 2 is 1.82 bits per heavy atom. The Kier molecular flexibility index (Phi) is 5.81. The maximum absolute atomic E-state index is 11.8. The van der Waals surface area contributed by atoms with Gasteiger partial charge in [-0.15, -0.1) is 0 Å². The van der Waals surface area contributed by atoms with Crippen LogP contribution in [0.5, 0.6) is 0 Å².